The SMILES string of the molecule is COc1cc(N(CC(=O)O)C2CCS(=O)(=O)C2)ncn1. The molecule has 0 bridgehead atoms. The van der Waals surface area contributed by atoms with Crippen LogP contribution < -0.4 is 9.64 Å². The van der Waals surface area contributed by atoms with E-state index in [0.29, 0.717) is 18.1 Å². The van der Waals surface area contributed by atoms with Gasteiger partial charge in [0.05, 0.1) is 18.6 Å². The van der Waals surface area contributed by atoms with Crippen molar-refractivity contribution in [1.29, 1.82) is 0 Å². The molecule has 2 rings (SSSR count). The number of carboxylic acids is 1. The van der Waals surface area contributed by atoms with Gasteiger partial charge in [0.2, 0.25) is 5.88 Å². The summed E-state index contributed by atoms with van der Waals surface area (Å²) in [5.41, 5.74) is 0. The molecule has 0 spiro atoms. The summed E-state index contributed by atoms with van der Waals surface area (Å²) in [6.45, 7) is -0.319. The quantitative estimate of drug-likeness (QED) is 0.779. The van der Waals surface area contributed by atoms with Crippen LogP contribution in [0, 0.1) is 0 Å². The summed E-state index contributed by atoms with van der Waals surface area (Å²) in [6.07, 6.45) is 1.65. The van der Waals surface area contributed by atoms with Crippen molar-refractivity contribution in [2.24, 2.45) is 0 Å². The zero-order valence-electron chi connectivity index (χ0n) is 10.9. The summed E-state index contributed by atoms with van der Waals surface area (Å²) in [6, 6.07) is 1.10. The third-order valence-electron chi connectivity index (χ3n) is 3.09. The minimum Gasteiger partial charge on any atom is -0.481 e. The van der Waals surface area contributed by atoms with Crippen LogP contribution >= 0.6 is 0 Å². The highest BCUT2D eigenvalue weighted by molar-refractivity contribution is 7.91. The fourth-order valence-electron chi connectivity index (χ4n) is 2.16. The molecular formula is C11H15N3O5S. The van der Waals surface area contributed by atoms with Crippen molar-refractivity contribution in [2.75, 3.05) is 30.1 Å². The van der Waals surface area contributed by atoms with Gasteiger partial charge in [0, 0.05) is 12.1 Å². The molecular weight excluding hydrogens is 286 g/mol. The molecule has 1 aromatic heterocycles. The molecule has 8 nitrogen and oxygen atoms in total. The van der Waals surface area contributed by atoms with E-state index in [0.717, 1.165) is 0 Å². The number of sulfone groups is 1. The third kappa shape index (κ3) is 3.35. The number of anilines is 1. The number of hydrogen-bond acceptors (Lipinski definition) is 7. The van der Waals surface area contributed by atoms with Crippen LogP contribution in [0.5, 0.6) is 5.88 Å². The Morgan fingerprint density at radius 1 is 1.55 bits per heavy atom. The predicted octanol–water partition coefficient (Wildman–Crippen LogP) is -0.437. The third-order valence-corrected chi connectivity index (χ3v) is 4.84. The minimum absolute atomic E-state index is 0.0629. The fraction of sp³-hybridized carbons (Fsp3) is 0.545. The number of rotatable bonds is 5. The summed E-state index contributed by atoms with van der Waals surface area (Å²) < 4.78 is 28.1. The van der Waals surface area contributed by atoms with E-state index in [1.165, 1.54) is 24.4 Å². The predicted molar refractivity (Wildman–Crippen MR) is 70.6 cm³/mol. The van der Waals surface area contributed by atoms with Crippen LogP contribution in [-0.2, 0) is 14.6 Å². The molecule has 110 valence electrons. The molecule has 1 unspecified atom stereocenters. The first-order valence-corrected chi connectivity index (χ1v) is 7.78. The maximum Gasteiger partial charge on any atom is 0.323 e. The van der Waals surface area contributed by atoms with Gasteiger partial charge in [-0.3, -0.25) is 4.79 Å². The first-order chi connectivity index (χ1) is 9.41. The van der Waals surface area contributed by atoms with Crippen LogP contribution in [0.25, 0.3) is 0 Å². The molecule has 20 heavy (non-hydrogen) atoms. The van der Waals surface area contributed by atoms with Gasteiger partial charge in [-0.15, -0.1) is 0 Å². The van der Waals surface area contributed by atoms with Crippen LogP contribution in [0.2, 0.25) is 0 Å². The Hall–Kier alpha value is -1.90. The highest BCUT2D eigenvalue weighted by atomic mass is 32.2. The number of methoxy groups -OCH3 is 1. The van der Waals surface area contributed by atoms with Gasteiger partial charge in [-0.05, 0) is 6.42 Å². The Kier molecular flexibility index (Phi) is 4.07. The number of nitrogens with zero attached hydrogens (tertiary/aromatic N) is 3. The summed E-state index contributed by atoms with van der Waals surface area (Å²) in [5.74, 6) is -0.401. The number of carboxylic acid groups (broad SMARTS) is 1. The Labute approximate surface area is 116 Å². The highest BCUT2D eigenvalue weighted by Gasteiger charge is 2.34. The maximum atomic E-state index is 11.6. The van der Waals surface area contributed by atoms with Crippen LogP contribution in [0.3, 0.4) is 0 Å². The minimum atomic E-state index is -3.11. The monoisotopic (exact) mass is 301 g/mol. The van der Waals surface area contributed by atoms with Crippen LogP contribution in [0.15, 0.2) is 12.4 Å². The number of carbonyl (C=O) groups is 1. The van der Waals surface area contributed by atoms with Crippen molar-refractivity contribution in [2.45, 2.75) is 12.5 Å². The molecule has 1 aliphatic rings. The van der Waals surface area contributed by atoms with Crippen molar-refractivity contribution < 1.29 is 23.1 Å². The molecule has 1 fully saturated rings. The number of aromatic nitrogens is 2. The lowest BCUT2D eigenvalue weighted by atomic mass is 10.2. The molecule has 2 heterocycles. The van der Waals surface area contributed by atoms with E-state index in [4.69, 9.17) is 9.84 Å². The molecule has 0 amide bonds. The van der Waals surface area contributed by atoms with Gasteiger partial charge in [-0.2, -0.15) is 0 Å². The molecule has 1 N–H and O–H groups in total. The first kappa shape index (κ1) is 14.5. The number of aliphatic carboxylic acids is 1. The highest BCUT2D eigenvalue weighted by Crippen LogP contribution is 2.24. The lowest BCUT2D eigenvalue weighted by molar-refractivity contribution is -0.135. The normalized spacial score (nSPS) is 20.6. The fourth-order valence-corrected chi connectivity index (χ4v) is 3.89. The molecule has 1 atom stereocenters. The number of ether oxygens (including phenoxy) is 1. The van der Waals surface area contributed by atoms with E-state index in [1.807, 2.05) is 0 Å². The average molecular weight is 301 g/mol. The van der Waals surface area contributed by atoms with Crippen LogP contribution in [0.1, 0.15) is 6.42 Å². The van der Waals surface area contributed by atoms with Gasteiger partial charge in [-0.25, -0.2) is 18.4 Å². The molecule has 1 saturated heterocycles. The van der Waals surface area contributed by atoms with E-state index in [9.17, 15) is 13.2 Å². The molecule has 0 radical (unpaired) electrons. The molecule has 0 aliphatic carbocycles. The average Bonchev–Trinajstić information content (AvgIpc) is 2.76. The van der Waals surface area contributed by atoms with E-state index < -0.39 is 21.8 Å². The Morgan fingerprint density at radius 2 is 2.30 bits per heavy atom. The zero-order chi connectivity index (χ0) is 14.8. The van der Waals surface area contributed by atoms with Gasteiger partial charge in [0.15, 0.2) is 9.84 Å². The van der Waals surface area contributed by atoms with Gasteiger partial charge >= 0.3 is 5.97 Å². The van der Waals surface area contributed by atoms with Crippen LogP contribution in [0.4, 0.5) is 5.82 Å². The lowest BCUT2D eigenvalue weighted by Gasteiger charge is -2.27. The maximum absolute atomic E-state index is 11.6. The summed E-state index contributed by atoms with van der Waals surface area (Å²) in [5, 5.41) is 9.00. The van der Waals surface area contributed by atoms with E-state index in [2.05, 4.69) is 9.97 Å². The van der Waals surface area contributed by atoms with E-state index in [-0.39, 0.29) is 18.1 Å². The smallest absolute Gasteiger partial charge is 0.323 e. The van der Waals surface area contributed by atoms with Gasteiger partial charge in [0.1, 0.15) is 18.7 Å². The molecule has 9 heteroatoms. The standard InChI is InChI=1S/C11H15N3O5S/c1-19-10-4-9(12-7-13-10)14(5-11(15)16)8-2-3-20(17,18)6-8/h4,7-8H,2-3,5-6H2,1H3,(H,15,16). The Bertz CT molecular complexity index is 604. The largest absolute Gasteiger partial charge is 0.481 e. The van der Waals surface area contributed by atoms with Crippen molar-refractivity contribution in [3.8, 4) is 5.88 Å². The van der Waals surface area contributed by atoms with Crippen molar-refractivity contribution in [3.05, 3.63) is 12.4 Å². The second-order valence-corrected chi connectivity index (χ2v) is 6.73. The summed E-state index contributed by atoms with van der Waals surface area (Å²) in [4.78, 5) is 20.3. The van der Waals surface area contributed by atoms with E-state index >= 15 is 0 Å². The van der Waals surface area contributed by atoms with E-state index in [1.54, 1.807) is 0 Å². The van der Waals surface area contributed by atoms with Gasteiger partial charge < -0.3 is 14.7 Å². The second-order valence-electron chi connectivity index (χ2n) is 4.50. The zero-order valence-corrected chi connectivity index (χ0v) is 11.7. The van der Waals surface area contributed by atoms with Crippen LogP contribution in [-0.4, -0.2) is 60.7 Å². The lowest BCUT2D eigenvalue weighted by Crippen LogP contribution is -2.40. The van der Waals surface area contributed by atoms with Crippen molar-refractivity contribution in [3.63, 3.8) is 0 Å². The van der Waals surface area contributed by atoms with Gasteiger partial charge in [0.25, 0.3) is 0 Å². The second kappa shape index (κ2) is 5.61. The molecule has 0 saturated carbocycles. The summed E-state index contributed by atoms with van der Waals surface area (Å²) >= 11 is 0. The molecule has 0 aromatic carbocycles. The number of hydrogen-bond donors (Lipinski definition) is 1. The topological polar surface area (TPSA) is 110 Å². The molecule has 1 aliphatic heterocycles. The van der Waals surface area contributed by atoms with Crippen molar-refractivity contribution >= 4 is 21.6 Å². The molecule has 1 aromatic rings. The Balaban J connectivity index is 2.29. The first-order valence-electron chi connectivity index (χ1n) is 5.96. The Morgan fingerprint density at radius 3 is 2.85 bits per heavy atom. The van der Waals surface area contributed by atoms with Gasteiger partial charge in [-0.1, -0.05) is 0 Å². The summed E-state index contributed by atoms with van der Waals surface area (Å²) in [7, 11) is -1.67. The van der Waals surface area contributed by atoms with Crippen molar-refractivity contribution in [1.82, 2.24) is 9.97 Å².